The van der Waals surface area contributed by atoms with Gasteiger partial charge >= 0.3 is 0 Å². The van der Waals surface area contributed by atoms with Crippen LogP contribution in [0.2, 0.25) is 0 Å². The smallest absolute Gasteiger partial charge is 0.191 e. The van der Waals surface area contributed by atoms with E-state index in [1.807, 2.05) is 24.4 Å². The lowest BCUT2D eigenvalue weighted by Crippen LogP contribution is -2.42. The van der Waals surface area contributed by atoms with E-state index in [9.17, 15) is 0 Å². The summed E-state index contributed by atoms with van der Waals surface area (Å²) in [6.45, 7) is 8.54. The molecule has 1 saturated heterocycles. The van der Waals surface area contributed by atoms with E-state index in [1.54, 1.807) is 7.11 Å². The number of aromatic nitrogens is 1. The molecular formula is C23H33N5O. The number of likely N-dealkylation sites (tertiary alicyclic amines) is 1. The first-order valence-electron chi connectivity index (χ1n) is 10.5. The second-order valence-electron chi connectivity index (χ2n) is 7.34. The fourth-order valence-corrected chi connectivity index (χ4v) is 3.80. The number of benzene rings is 1. The number of guanidine groups is 1. The van der Waals surface area contributed by atoms with Gasteiger partial charge in [0, 0.05) is 24.8 Å². The van der Waals surface area contributed by atoms with E-state index in [4.69, 9.17) is 9.73 Å². The molecule has 2 N–H and O–H groups in total. The highest BCUT2D eigenvalue weighted by Crippen LogP contribution is 2.31. The van der Waals surface area contributed by atoms with Crippen LogP contribution in [0, 0.1) is 6.92 Å². The molecule has 0 saturated carbocycles. The largest absolute Gasteiger partial charge is 0.496 e. The van der Waals surface area contributed by atoms with Crippen LogP contribution in [0.5, 0.6) is 5.75 Å². The summed E-state index contributed by atoms with van der Waals surface area (Å²) in [4.78, 5) is 11.8. The summed E-state index contributed by atoms with van der Waals surface area (Å²) in [5, 5.41) is 6.91. The lowest BCUT2D eigenvalue weighted by Gasteiger charge is -2.30. The van der Waals surface area contributed by atoms with E-state index < -0.39 is 0 Å². The molecule has 1 aliphatic rings. The van der Waals surface area contributed by atoms with Gasteiger partial charge in [0.05, 0.1) is 25.4 Å². The molecule has 1 unspecified atom stereocenters. The molecule has 0 aliphatic carbocycles. The number of rotatable bonds is 8. The minimum Gasteiger partial charge on any atom is -0.496 e. The highest BCUT2D eigenvalue weighted by Gasteiger charge is 2.26. The predicted octanol–water partition coefficient (Wildman–Crippen LogP) is 3.29. The summed E-state index contributed by atoms with van der Waals surface area (Å²) in [6, 6.07) is 12.6. The monoisotopic (exact) mass is 395 g/mol. The van der Waals surface area contributed by atoms with Crippen LogP contribution in [-0.2, 0) is 6.54 Å². The molecule has 0 spiro atoms. The van der Waals surface area contributed by atoms with Crippen LogP contribution < -0.4 is 15.4 Å². The molecule has 0 bridgehead atoms. The summed E-state index contributed by atoms with van der Waals surface area (Å²) >= 11 is 0. The van der Waals surface area contributed by atoms with Crippen molar-refractivity contribution in [2.24, 2.45) is 4.99 Å². The Balaban J connectivity index is 1.75. The molecule has 3 rings (SSSR count). The lowest BCUT2D eigenvalue weighted by molar-refractivity contribution is 0.239. The van der Waals surface area contributed by atoms with Gasteiger partial charge in [0.1, 0.15) is 5.75 Å². The number of para-hydroxylation sites is 1. The normalized spacial score (nSPS) is 15.9. The zero-order valence-corrected chi connectivity index (χ0v) is 17.8. The van der Waals surface area contributed by atoms with Crippen LogP contribution in [0.4, 0.5) is 0 Å². The van der Waals surface area contributed by atoms with Crippen LogP contribution in [0.1, 0.15) is 42.6 Å². The number of methoxy groups -OCH3 is 1. The Bertz CT molecular complexity index is 801. The zero-order chi connectivity index (χ0) is 20.5. The average Bonchev–Trinajstić information content (AvgIpc) is 3.28. The highest BCUT2D eigenvalue weighted by molar-refractivity contribution is 5.79. The van der Waals surface area contributed by atoms with Crippen molar-refractivity contribution < 1.29 is 4.74 Å². The summed E-state index contributed by atoms with van der Waals surface area (Å²) in [7, 11) is 1.74. The van der Waals surface area contributed by atoms with Gasteiger partial charge in [-0.05, 0) is 57.5 Å². The maximum Gasteiger partial charge on any atom is 0.191 e. The van der Waals surface area contributed by atoms with Crippen molar-refractivity contribution in [2.45, 2.75) is 39.3 Å². The van der Waals surface area contributed by atoms with E-state index in [0.29, 0.717) is 6.54 Å². The first kappa shape index (κ1) is 21.1. The van der Waals surface area contributed by atoms with E-state index >= 15 is 0 Å². The molecular weight excluding hydrogens is 362 g/mol. The fraction of sp³-hybridized carbons (Fsp3) is 0.478. The van der Waals surface area contributed by atoms with Gasteiger partial charge in [-0.3, -0.25) is 9.88 Å². The summed E-state index contributed by atoms with van der Waals surface area (Å²) in [5.74, 6) is 1.76. The molecule has 1 aliphatic heterocycles. The Morgan fingerprint density at radius 3 is 2.69 bits per heavy atom. The number of hydrogen-bond acceptors (Lipinski definition) is 4. The number of nitrogens with one attached hydrogen (secondary N) is 2. The Morgan fingerprint density at radius 2 is 1.97 bits per heavy atom. The summed E-state index contributed by atoms with van der Waals surface area (Å²) in [6.07, 6.45) is 4.32. The first-order valence-corrected chi connectivity index (χ1v) is 10.5. The van der Waals surface area contributed by atoms with Crippen molar-refractivity contribution in [1.82, 2.24) is 20.5 Å². The summed E-state index contributed by atoms with van der Waals surface area (Å²) in [5.41, 5.74) is 3.39. The second-order valence-corrected chi connectivity index (χ2v) is 7.34. The Morgan fingerprint density at radius 1 is 1.17 bits per heavy atom. The topological polar surface area (TPSA) is 61.8 Å². The Labute approximate surface area is 174 Å². The van der Waals surface area contributed by atoms with Gasteiger partial charge < -0.3 is 15.4 Å². The van der Waals surface area contributed by atoms with Crippen LogP contribution in [0.25, 0.3) is 0 Å². The second kappa shape index (κ2) is 10.8. The highest BCUT2D eigenvalue weighted by atomic mass is 16.5. The molecule has 0 radical (unpaired) electrons. The molecule has 1 atom stereocenters. The average molecular weight is 396 g/mol. The zero-order valence-electron chi connectivity index (χ0n) is 17.8. The molecule has 0 amide bonds. The van der Waals surface area contributed by atoms with Crippen molar-refractivity contribution in [3.05, 3.63) is 59.4 Å². The standard InChI is InChI=1S/C23H33N5O/c1-4-24-23(26-16-20-18(2)10-9-13-25-20)27-17-21(28-14-7-8-15-28)19-11-5-6-12-22(19)29-3/h5-6,9-13,21H,4,7-8,14-17H2,1-3H3,(H2,24,26,27). The Kier molecular flexibility index (Phi) is 7.87. The van der Waals surface area contributed by atoms with Gasteiger partial charge in [-0.2, -0.15) is 0 Å². The van der Waals surface area contributed by atoms with Crippen LogP contribution in [0.3, 0.4) is 0 Å². The van der Waals surface area contributed by atoms with Crippen molar-refractivity contribution in [3.8, 4) is 5.75 Å². The number of aryl methyl sites for hydroxylation is 1. The molecule has 2 aromatic rings. The van der Waals surface area contributed by atoms with Gasteiger partial charge in [-0.1, -0.05) is 24.3 Å². The molecule has 1 aromatic heterocycles. The minimum atomic E-state index is 0.245. The van der Waals surface area contributed by atoms with E-state index in [-0.39, 0.29) is 6.04 Å². The van der Waals surface area contributed by atoms with Crippen molar-refractivity contribution in [1.29, 1.82) is 0 Å². The van der Waals surface area contributed by atoms with E-state index in [0.717, 1.165) is 49.1 Å². The Hall–Kier alpha value is -2.60. The third-order valence-electron chi connectivity index (χ3n) is 5.39. The van der Waals surface area contributed by atoms with Crippen molar-refractivity contribution >= 4 is 5.96 Å². The number of pyridine rings is 1. The maximum absolute atomic E-state index is 5.65. The van der Waals surface area contributed by atoms with Gasteiger partial charge in [0.2, 0.25) is 0 Å². The van der Waals surface area contributed by atoms with Crippen LogP contribution in [0.15, 0.2) is 47.6 Å². The third-order valence-corrected chi connectivity index (χ3v) is 5.39. The minimum absolute atomic E-state index is 0.245. The van der Waals surface area contributed by atoms with Gasteiger partial charge in [-0.25, -0.2) is 4.99 Å². The lowest BCUT2D eigenvalue weighted by atomic mass is 10.0. The fourth-order valence-electron chi connectivity index (χ4n) is 3.80. The molecule has 1 aromatic carbocycles. The first-order chi connectivity index (χ1) is 14.2. The SMILES string of the molecule is CCNC(=NCc1ncccc1C)NCC(c1ccccc1OC)N1CCCC1. The predicted molar refractivity (Wildman–Crippen MR) is 118 cm³/mol. The molecule has 156 valence electrons. The van der Waals surface area contributed by atoms with E-state index in [1.165, 1.54) is 18.4 Å². The maximum atomic E-state index is 5.65. The number of ether oxygens (including phenoxy) is 1. The van der Waals surface area contributed by atoms with Gasteiger partial charge in [0.15, 0.2) is 5.96 Å². The molecule has 6 heteroatoms. The quantitative estimate of drug-likeness (QED) is 0.531. The number of aliphatic imine (C=N–C) groups is 1. The molecule has 6 nitrogen and oxygen atoms in total. The van der Waals surface area contributed by atoms with Crippen molar-refractivity contribution in [2.75, 3.05) is 33.3 Å². The summed E-state index contributed by atoms with van der Waals surface area (Å²) < 4.78 is 5.65. The van der Waals surface area contributed by atoms with E-state index in [2.05, 4.69) is 52.6 Å². The molecule has 2 heterocycles. The van der Waals surface area contributed by atoms with Crippen molar-refractivity contribution in [3.63, 3.8) is 0 Å². The molecule has 1 fully saturated rings. The van der Waals surface area contributed by atoms with Gasteiger partial charge in [0.25, 0.3) is 0 Å². The molecule has 29 heavy (non-hydrogen) atoms. The van der Waals surface area contributed by atoms with Gasteiger partial charge in [-0.15, -0.1) is 0 Å². The van der Waals surface area contributed by atoms with Crippen LogP contribution in [-0.4, -0.2) is 49.1 Å². The number of nitrogens with zero attached hydrogens (tertiary/aromatic N) is 3. The third kappa shape index (κ3) is 5.70. The number of hydrogen-bond donors (Lipinski definition) is 2. The van der Waals surface area contributed by atoms with Crippen LogP contribution >= 0.6 is 0 Å².